The van der Waals surface area contributed by atoms with E-state index in [2.05, 4.69) is 193 Å². The molecule has 288 valence electrons. The Hall–Kier alpha value is -8.41. The fourth-order valence-electron chi connectivity index (χ4n) is 9.55. The van der Waals surface area contributed by atoms with E-state index in [-0.39, 0.29) is 0 Å². The molecule has 13 aromatic rings. The van der Waals surface area contributed by atoms with Gasteiger partial charge in [0, 0.05) is 38.2 Å². The van der Waals surface area contributed by atoms with Crippen molar-refractivity contribution in [2.75, 3.05) is 0 Å². The largest absolute Gasteiger partial charge is 0.454 e. The Morgan fingerprint density at radius 2 is 0.952 bits per heavy atom. The highest BCUT2D eigenvalue weighted by molar-refractivity contribution is 6.18. The van der Waals surface area contributed by atoms with Crippen molar-refractivity contribution in [3.05, 3.63) is 206 Å². The molecule has 10 aromatic carbocycles. The average Bonchev–Trinajstić information content (AvgIpc) is 3.89. The summed E-state index contributed by atoms with van der Waals surface area (Å²) in [6.45, 7) is 0. The normalized spacial score (nSPS) is 11.9. The van der Waals surface area contributed by atoms with Gasteiger partial charge in [0.25, 0.3) is 0 Å². The van der Waals surface area contributed by atoms with Crippen LogP contribution < -0.4 is 0 Å². The third-order valence-corrected chi connectivity index (χ3v) is 12.4. The third-order valence-electron chi connectivity index (χ3n) is 12.4. The monoisotopic (exact) mass is 790 g/mol. The first-order valence-electron chi connectivity index (χ1n) is 20.9. The summed E-state index contributed by atoms with van der Waals surface area (Å²) < 4.78 is 9.32. The van der Waals surface area contributed by atoms with Gasteiger partial charge in [-0.2, -0.15) is 0 Å². The van der Waals surface area contributed by atoms with Crippen LogP contribution in [0, 0.1) is 0 Å². The summed E-state index contributed by atoms with van der Waals surface area (Å²) in [5, 5.41) is 11.3. The number of aromatic nitrogens is 4. The van der Waals surface area contributed by atoms with Gasteiger partial charge >= 0.3 is 0 Å². The number of fused-ring (bicyclic) bond motifs is 10. The van der Waals surface area contributed by atoms with Crippen molar-refractivity contribution in [1.82, 2.24) is 19.5 Å². The SMILES string of the molecule is c1ccc(-c2cccc(-c3nc(-c4cc5ccccc5c5ccccc45)nc(-c4ccc(-n5c6ccccc6c6cc7ccccc7cc65)c5oc6ccccc6c45)n3)c2)cc1. The number of hydrogen-bond donors (Lipinski definition) is 0. The maximum Gasteiger partial charge on any atom is 0.164 e. The maximum atomic E-state index is 6.96. The number of benzene rings is 10. The second-order valence-corrected chi connectivity index (χ2v) is 15.9. The minimum absolute atomic E-state index is 0.573. The first-order valence-corrected chi connectivity index (χ1v) is 20.9. The van der Waals surface area contributed by atoms with Crippen molar-refractivity contribution >= 4 is 76.1 Å². The van der Waals surface area contributed by atoms with E-state index < -0.39 is 0 Å². The van der Waals surface area contributed by atoms with Gasteiger partial charge in [0.15, 0.2) is 23.1 Å². The van der Waals surface area contributed by atoms with Crippen LogP contribution in [0.3, 0.4) is 0 Å². The minimum Gasteiger partial charge on any atom is -0.454 e. The average molecular weight is 791 g/mol. The van der Waals surface area contributed by atoms with Crippen LogP contribution in [0.5, 0.6) is 0 Å². The molecule has 3 heterocycles. The van der Waals surface area contributed by atoms with Gasteiger partial charge in [-0.3, -0.25) is 0 Å². The molecule has 5 heteroatoms. The van der Waals surface area contributed by atoms with Gasteiger partial charge < -0.3 is 8.98 Å². The van der Waals surface area contributed by atoms with E-state index in [0.717, 1.165) is 82.6 Å². The van der Waals surface area contributed by atoms with Gasteiger partial charge in [-0.05, 0) is 92.0 Å². The summed E-state index contributed by atoms with van der Waals surface area (Å²) in [6.07, 6.45) is 0. The lowest BCUT2D eigenvalue weighted by Crippen LogP contribution is -2.02. The Kier molecular flexibility index (Phi) is 7.54. The van der Waals surface area contributed by atoms with Crippen molar-refractivity contribution < 1.29 is 4.42 Å². The lowest BCUT2D eigenvalue weighted by Gasteiger charge is -2.14. The van der Waals surface area contributed by atoms with Crippen molar-refractivity contribution in [3.8, 4) is 51.0 Å². The lowest BCUT2D eigenvalue weighted by molar-refractivity contribution is 0.666. The lowest BCUT2D eigenvalue weighted by atomic mass is 9.96. The molecule has 0 N–H and O–H groups in total. The van der Waals surface area contributed by atoms with E-state index in [0.29, 0.717) is 17.5 Å². The predicted molar refractivity (Wildman–Crippen MR) is 256 cm³/mol. The van der Waals surface area contributed by atoms with Crippen LogP contribution in [0.4, 0.5) is 0 Å². The highest BCUT2D eigenvalue weighted by Gasteiger charge is 2.24. The molecular weight excluding hydrogens is 757 g/mol. The highest BCUT2D eigenvalue weighted by Crippen LogP contribution is 2.43. The molecule has 0 atom stereocenters. The first kappa shape index (κ1) is 34.5. The van der Waals surface area contributed by atoms with Crippen LogP contribution in [-0.2, 0) is 0 Å². The molecule has 0 aliphatic carbocycles. The smallest absolute Gasteiger partial charge is 0.164 e. The molecule has 0 amide bonds. The van der Waals surface area contributed by atoms with Gasteiger partial charge in [0.2, 0.25) is 0 Å². The molecule has 3 aromatic heterocycles. The van der Waals surface area contributed by atoms with Crippen molar-refractivity contribution in [2.24, 2.45) is 0 Å². The first-order chi connectivity index (χ1) is 30.7. The Bertz CT molecular complexity index is 3940. The molecule has 0 aliphatic rings. The van der Waals surface area contributed by atoms with E-state index in [1.165, 1.54) is 26.9 Å². The fourth-order valence-corrected chi connectivity index (χ4v) is 9.55. The van der Waals surface area contributed by atoms with E-state index in [4.69, 9.17) is 19.4 Å². The molecule has 0 aliphatic heterocycles. The van der Waals surface area contributed by atoms with Crippen molar-refractivity contribution in [1.29, 1.82) is 0 Å². The van der Waals surface area contributed by atoms with Crippen LogP contribution in [0.2, 0.25) is 0 Å². The van der Waals surface area contributed by atoms with E-state index in [1.54, 1.807) is 0 Å². The zero-order valence-corrected chi connectivity index (χ0v) is 33.3. The van der Waals surface area contributed by atoms with Gasteiger partial charge in [-0.1, -0.05) is 158 Å². The van der Waals surface area contributed by atoms with Crippen LogP contribution in [0.1, 0.15) is 0 Å². The number of rotatable bonds is 5. The Morgan fingerprint density at radius 3 is 1.79 bits per heavy atom. The fraction of sp³-hybridized carbons (Fsp3) is 0. The topological polar surface area (TPSA) is 56.7 Å². The van der Waals surface area contributed by atoms with E-state index in [9.17, 15) is 0 Å². The van der Waals surface area contributed by atoms with Gasteiger partial charge in [-0.15, -0.1) is 0 Å². The zero-order valence-electron chi connectivity index (χ0n) is 33.3. The number of para-hydroxylation sites is 2. The molecular formula is C57H34N4O. The number of nitrogens with zero attached hydrogens (tertiary/aromatic N) is 4. The minimum atomic E-state index is 0.573. The molecule has 0 unspecified atom stereocenters. The van der Waals surface area contributed by atoms with Crippen LogP contribution in [0.15, 0.2) is 211 Å². The van der Waals surface area contributed by atoms with Gasteiger partial charge in [0.05, 0.1) is 16.7 Å². The molecule has 0 saturated heterocycles. The van der Waals surface area contributed by atoms with Crippen molar-refractivity contribution in [3.63, 3.8) is 0 Å². The molecule has 0 saturated carbocycles. The standard InChI is InChI=1S/C57H34N4O/c1-2-15-35(16-3-1)36-20-14-21-40(31-36)55-58-56(60-57(59-55)48-33-39-19-6-7-22-41(39)42-23-8-9-24-43(42)48)46-29-30-50(54-53(46)45-26-11-13-28-52(45)62-54)61-49-27-12-10-25-44(49)47-32-37-17-4-5-18-38(37)34-51(47)61/h1-34H. The molecule has 0 spiro atoms. The van der Waals surface area contributed by atoms with Gasteiger partial charge in [-0.25, -0.2) is 15.0 Å². The van der Waals surface area contributed by atoms with Crippen molar-refractivity contribution in [2.45, 2.75) is 0 Å². The van der Waals surface area contributed by atoms with Crippen LogP contribution in [0.25, 0.3) is 127 Å². The maximum absolute atomic E-state index is 6.96. The summed E-state index contributed by atoms with van der Waals surface area (Å²) in [6, 6.07) is 72.6. The summed E-state index contributed by atoms with van der Waals surface area (Å²) in [5.74, 6) is 1.78. The number of hydrogen-bond acceptors (Lipinski definition) is 4. The van der Waals surface area contributed by atoms with E-state index >= 15 is 0 Å². The Balaban J connectivity index is 1.11. The summed E-state index contributed by atoms with van der Waals surface area (Å²) in [5.41, 5.74) is 9.69. The van der Waals surface area contributed by atoms with Crippen LogP contribution >= 0.6 is 0 Å². The van der Waals surface area contributed by atoms with E-state index in [1.807, 2.05) is 18.2 Å². The molecule has 5 nitrogen and oxygen atoms in total. The molecule has 13 rings (SSSR count). The molecule has 0 fully saturated rings. The Labute approximate surface area is 355 Å². The number of furan rings is 1. The predicted octanol–water partition coefficient (Wildman–Crippen LogP) is 15.0. The second kappa shape index (κ2) is 13.6. The quantitative estimate of drug-likeness (QED) is 0.163. The van der Waals surface area contributed by atoms with Crippen LogP contribution in [-0.4, -0.2) is 19.5 Å². The Morgan fingerprint density at radius 1 is 0.339 bits per heavy atom. The third kappa shape index (κ3) is 5.32. The second-order valence-electron chi connectivity index (χ2n) is 15.9. The highest BCUT2D eigenvalue weighted by atomic mass is 16.3. The summed E-state index contributed by atoms with van der Waals surface area (Å²) >= 11 is 0. The van der Waals surface area contributed by atoms with Gasteiger partial charge in [0.1, 0.15) is 5.58 Å². The zero-order chi connectivity index (χ0) is 40.7. The summed E-state index contributed by atoms with van der Waals surface area (Å²) in [4.78, 5) is 16.1. The molecule has 0 radical (unpaired) electrons. The summed E-state index contributed by atoms with van der Waals surface area (Å²) in [7, 11) is 0. The molecule has 0 bridgehead atoms. The molecule has 62 heavy (non-hydrogen) atoms.